The minimum absolute atomic E-state index is 0.260. The molecule has 2 aromatic carbocycles. The number of aliphatic hydroxyl groups is 1. The van der Waals surface area contributed by atoms with Crippen LogP contribution in [0.15, 0.2) is 46.9 Å². The predicted octanol–water partition coefficient (Wildman–Crippen LogP) is 4.04. The van der Waals surface area contributed by atoms with Crippen molar-refractivity contribution in [3.63, 3.8) is 0 Å². The Morgan fingerprint density at radius 3 is 2.74 bits per heavy atom. The highest BCUT2D eigenvalue weighted by molar-refractivity contribution is 9.10. The molecule has 2 nitrogen and oxygen atoms in total. The fraction of sp³-hybridized carbons (Fsp3) is 0.200. The second-order valence-corrected chi connectivity index (χ2v) is 5.35. The second-order valence-electron chi connectivity index (χ2n) is 4.44. The Labute approximate surface area is 120 Å². The predicted molar refractivity (Wildman–Crippen MR) is 78.7 cm³/mol. The summed E-state index contributed by atoms with van der Waals surface area (Å²) in [6.45, 7) is 2.10. The molecule has 0 saturated heterocycles. The zero-order chi connectivity index (χ0) is 13.8. The van der Waals surface area contributed by atoms with Gasteiger partial charge in [-0.2, -0.15) is 0 Å². The van der Waals surface area contributed by atoms with Crippen molar-refractivity contribution in [3.8, 4) is 0 Å². The van der Waals surface area contributed by atoms with Crippen molar-refractivity contribution < 1.29 is 9.50 Å². The van der Waals surface area contributed by atoms with Crippen molar-refractivity contribution in [2.45, 2.75) is 13.0 Å². The van der Waals surface area contributed by atoms with Gasteiger partial charge in [0.2, 0.25) is 0 Å². The summed E-state index contributed by atoms with van der Waals surface area (Å²) in [7, 11) is 0. The Hall–Kier alpha value is -1.39. The number of hydrogen-bond donors (Lipinski definition) is 2. The Kier molecular flexibility index (Phi) is 4.56. The Morgan fingerprint density at radius 1 is 1.26 bits per heavy atom. The third-order valence-electron chi connectivity index (χ3n) is 2.84. The molecule has 0 fully saturated rings. The molecule has 0 spiro atoms. The van der Waals surface area contributed by atoms with E-state index >= 15 is 0 Å². The standard InChI is InChI=1S/C15H15BrFNO/c1-10-5-6-14(13(17)7-10)18-9-15(19)11-3-2-4-12(16)8-11/h2-8,15,18-19H,9H2,1H3. The Morgan fingerprint density at radius 2 is 2.05 bits per heavy atom. The number of aryl methyl sites for hydroxylation is 1. The first-order valence-electron chi connectivity index (χ1n) is 6.00. The number of rotatable bonds is 4. The van der Waals surface area contributed by atoms with Crippen LogP contribution in [0.25, 0.3) is 0 Å². The molecule has 0 aromatic heterocycles. The Bertz CT molecular complexity index is 574. The van der Waals surface area contributed by atoms with Crippen LogP contribution in [-0.2, 0) is 0 Å². The topological polar surface area (TPSA) is 32.3 Å². The highest BCUT2D eigenvalue weighted by atomic mass is 79.9. The first kappa shape index (κ1) is 14.0. The van der Waals surface area contributed by atoms with Crippen molar-refractivity contribution in [2.75, 3.05) is 11.9 Å². The highest BCUT2D eigenvalue weighted by Crippen LogP contribution is 2.20. The molecule has 0 amide bonds. The maximum Gasteiger partial charge on any atom is 0.146 e. The van der Waals surface area contributed by atoms with E-state index in [1.165, 1.54) is 6.07 Å². The van der Waals surface area contributed by atoms with Crippen LogP contribution in [0.5, 0.6) is 0 Å². The van der Waals surface area contributed by atoms with Crippen LogP contribution < -0.4 is 5.32 Å². The summed E-state index contributed by atoms with van der Waals surface area (Å²) in [6, 6.07) is 12.4. The van der Waals surface area contributed by atoms with Crippen LogP contribution in [0.3, 0.4) is 0 Å². The maximum absolute atomic E-state index is 13.6. The van der Waals surface area contributed by atoms with Gasteiger partial charge >= 0.3 is 0 Å². The number of hydrogen-bond acceptors (Lipinski definition) is 2. The fourth-order valence-corrected chi connectivity index (χ4v) is 2.22. The van der Waals surface area contributed by atoms with Gasteiger partial charge in [-0.1, -0.05) is 34.1 Å². The molecule has 4 heteroatoms. The minimum atomic E-state index is -0.682. The van der Waals surface area contributed by atoms with E-state index in [-0.39, 0.29) is 12.4 Å². The van der Waals surface area contributed by atoms with E-state index in [9.17, 15) is 9.50 Å². The van der Waals surface area contributed by atoms with Crippen molar-refractivity contribution in [1.82, 2.24) is 0 Å². The van der Waals surface area contributed by atoms with Gasteiger partial charge in [0.15, 0.2) is 0 Å². The fourth-order valence-electron chi connectivity index (χ4n) is 1.80. The van der Waals surface area contributed by atoms with Gasteiger partial charge in [-0.3, -0.25) is 0 Å². The molecule has 0 aliphatic heterocycles. The Balaban J connectivity index is 2.02. The van der Waals surface area contributed by atoms with E-state index in [1.54, 1.807) is 6.07 Å². The largest absolute Gasteiger partial charge is 0.387 e. The first-order valence-corrected chi connectivity index (χ1v) is 6.79. The van der Waals surface area contributed by atoms with E-state index in [4.69, 9.17) is 0 Å². The molecule has 0 radical (unpaired) electrons. The molecule has 2 N–H and O–H groups in total. The zero-order valence-corrected chi connectivity index (χ0v) is 12.1. The summed E-state index contributed by atoms with van der Waals surface area (Å²) in [5, 5.41) is 13.0. The van der Waals surface area contributed by atoms with Gasteiger partial charge in [-0.15, -0.1) is 0 Å². The van der Waals surface area contributed by atoms with Gasteiger partial charge in [0.1, 0.15) is 5.82 Å². The van der Waals surface area contributed by atoms with Crippen LogP contribution in [0.4, 0.5) is 10.1 Å². The molecule has 0 aliphatic carbocycles. The van der Waals surface area contributed by atoms with Gasteiger partial charge in [0.25, 0.3) is 0 Å². The third kappa shape index (κ3) is 3.78. The third-order valence-corrected chi connectivity index (χ3v) is 3.34. The molecule has 0 heterocycles. The van der Waals surface area contributed by atoms with Crippen molar-refractivity contribution >= 4 is 21.6 Å². The van der Waals surface area contributed by atoms with Crippen LogP contribution in [0.1, 0.15) is 17.2 Å². The summed E-state index contributed by atoms with van der Waals surface area (Å²) in [4.78, 5) is 0. The monoisotopic (exact) mass is 323 g/mol. The molecule has 0 bridgehead atoms. The SMILES string of the molecule is Cc1ccc(NCC(O)c2cccc(Br)c2)c(F)c1. The van der Waals surface area contributed by atoms with Crippen LogP contribution in [-0.4, -0.2) is 11.7 Å². The normalized spacial score (nSPS) is 12.2. The average Bonchev–Trinajstić information content (AvgIpc) is 2.37. The first-order chi connectivity index (χ1) is 9.06. The van der Waals surface area contributed by atoms with Crippen molar-refractivity contribution in [1.29, 1.82) is 0 Å². The zero-order valence-electron chi connectivity index (χ0n) is 10.5. The van der Waals surface area contributed by atoms with Crippen LogP contribution in [0, 0.1) is 12.7 Å². The molecule has 1 atom stereocenters. The summed E-state index contributed by atoms with van der Waals surface area (Å²) in [5.74, 6) is -0.304. The molecule has 1 unspecified atom stereocenters. The minimum Gasteiger partial charge on any atom is -0.387 e. The van der Waals surface area contributed by atoms with Crippen LogP contribution >= 0.6 is 15.9 Å². The lowest BCUT2D eigenvalue weighted by Crippen LogP contribution is -2.13. The molecular formula is C15H15BrFNO. The lowest BCUT2D eigenvalue weighted by Gasteiger charge is -2.14. The summed E-state index contributed by atoms with van der Waals surface area (Å²) < 4.78 is 14.5. The summed E-state index contributed by atoms with van der Waals surface area (Å²) >= 11 is 3.35. The molecule has 2 aromatic rings. The van der Waals surface area contributed by atoms with Gasteiger partial charge in [0.05, 0.1) is 11.8 Å². The van der Waals surface area contributed by atoms with Crippen LogP contribution in [0.2, 0.25) is 0 Å². The average molecular weight is 324 g/mol. The van der Waals surface area contributed by atoms with E-state index in [1.807, 2.05) is 37.3 Å². The molecule has 0 saturated carbocycles. The number of aliphatic hydroxyl groups excluding tert-OH is 1. The highest BCUT2D eigenvalue weighted by Gasteiger charge is 2.09. The van der Waals surface area contributed by atoms with Crippen molar-refractivity contribution in [2.24, 2.45) is 0 Å². The van der Waals surface area contributed by atoms with Crippen molar-refractivity contribution in [3.05, 3.63) is 63.9 Å². The van der Waals surface area contributed by atoms with E-state index < -0.39 is 6.10 Å². The quantitative estimate of drug-likeness (QED) is 0.889. The molecule has 2 rings (SSSR count). The number of halogens is 2. The molecular weight excluding hydrogens is 309 g/mol. The number of anilines is 1. The summed E-state index contributed by atoms with van der Waals surface area (Å²) in [5.41, 5.74) is 2.06. The van der Waals surface area contributed by atoms with E-state index in [2.05, 4.69) is 21.2 Å². The number of benzene rings is 2. The smallest absolute Gasteiger partial charge is 0.146 e. The molecule has 100 valence electrons. The molecule has 19 heavy (non-hydrogen) atoms. The van der Waals surface area contributed by atoms with E-state index in [0.29, 0.717) is 5.69 Å². The van der Waals surface area contributed by atoms with Gasteiger partial charge in [-0.25, -0.2) is 4.39 Å². The second kappa shape index (κ2) is 6.17. The van der Waals surface area contributed by atoms with Gasteiger partial charge in [0, 0.05) is 11.0 Å². The maximum atomic E-state index is 13.6. The molecule has 0 aliphatic rings. The van der Waals surface area contributed by atoms with Gasteiger partial charge < -0.3 is 10.4 Å². The lowest BCUT2D eigenvalue weighted by molar-refractivity contribution is 0.191. The van der Waals surface area contributed by atoms with Gasteiger partial charge in [-0.05, 0) is 42.3 Å². The summed E-state index contributed by atoms with van der Waals surface area (Å²) in [6.07, 6.45) is -0.682. The van der Waals surface area contributed by atoms with E-state index in [0.717, 1.165) is 15.6 Å². The number of nitrogens with one attached hydrogen (secondary N) is 1. The lowest BCUT2D eigenvalue weighted by atomic mass is 10.1.